The predicted molar refractivity (Wildman–Crippen MR) is 185 cm³/mol. The average Bonchev–Trinajstić information content (AvgIpc) is 3.08. The van der Waals surface area contributed by atoms with Crippen LogP contribution in [-0.4, -0.2) is 82.2 Å². The molecule has 3 aromatic carbocycles. The molecule has 0 radical (unpaired) electrons. The second-order valence-corrected chi connectivity index (χ2v) is 11.2. The van der Waals surface area contributed by atoms with Crippen LogP contribution in [0.2, 0.25) is 0 Å². The molecule has 0 aliphatic heterocycles. The molecule has 252 valence electrons. The Kier molecular flexibility index (Phi) is 15.2. The Morgan fingerprint density at radius 3 is 2.23 bits per heavy atom. The minimum absolute atomic E-state index is 0.140. The summed E-state index contributed by atoms with van der Waals surface area (Å²) in [5, 5.41) is 5.30. The molecule has 3 rings (SSSR count). The summed E-state index contributed by atoms with van der Waals surface area (Å²) in [6.45, 7) is 4.97. The smallest absolute Gasteiger partial charge is 0.319 e. The van der Waals surface area contributed by atoms with Crippen molar-refractivity contribution in [1.29, 1.82) is 0 Å². The molecule has 0 bridgehead atoms. The van der Waals surface area contributed by atoms with Gasteiger partial charge in [-0.25, -0.2) is 4.79 Å². The first-order chi connectivity index (χ1) is 22.7. The van der Waals surface area contributed by atoms with Crippen molar-refractivity contribution < 1.29 is 28.7 Å². The number of urea groups is 1. The van der Waals surface area contributed by atoms with Crippen molar-refractivity contribution in [2.75, 3.05) is 68.7 Å². The second-order valence-electron chi connectivity index (χ2n) is 11.2. The fourth-order valence-electron chi connectivity index (χ4n) is 4.80. The molecule has 0 spiro atoms. The van der Waals surface area contributed by atoms with Gasteiger partial charge in [0.15, 0.2) is 6.61 Å². The highest BCUT2D eigenvalue weighted by atomic mass is 16.5. The summed E-state index contributed by atoms with van der Waals surface area (Å²) in [7, 11) is 3.27. The molecule has 0 aliphatic carbocycles. The third-order valence-corrected chi connectivity index (χ3v) is 7.44. The van der Waals surface area contributed by atoms with Gasteiger partial charge in [0.25, 0.3) is 5.91 Å². The Bertz CT molecular complexity index is 1440. The zero-order valence-corrected chi connectivity index (χ0v) is 27.9. The van der Waals surface area contributed by atoms with Gasteiger partial charge in [-0.1, -0.05) is 56.2 Å². The number of likely N-dealkylation sites (N-methyl/N-ethyl adjacent to an activating group) is 1. The van der Waals surface area contributed by atoms with Crippen molar-refractivity contribution in [2.45, 2.75) is 39.5 Å². The number of carbonyl (C=O) groups is 4. The fourth-order valence-corrected chi connectivity index (χ4v) is 4.80. The second kappa shape index (κ2) is 19.6. The molecule has 0 fully saturated rings. The van der Waals surface area contributed by atoms with E-state index in [1.807, 2.05) is 43.3 Å². The van der Waals surface area contributed by atoms with E-state index in [2.05, 4.69) is 17.6 Å². The number of aryl methyl sites for hydroxylation is 1. The molecule has 0 aromatic heterocycles. The van der Waals surface area contributed by atoms with E-state index < -0.39 is 11.9 Å². The Balaban J connectivity index is 1.74. The van der Waals surface area contributed by atoms with Crippen LogP contribution in [-0.2, 0) is 19.1 Å². The van der Waals surface area contributed by atoms with Gasteiger partial charge in [0.05, 0.1) is 6.54 Å². The summed E-state index contributed by atoms with van der Waals surface area (Å²) >= 11 is 0. The molecule has 2 N–H and O–H groups in total. The highest BCUT2D eigenvalue weighted by Crippen LogP contribution is 2.23. The molecule has 0 atom stereocenters. The summed E-state index contributed by atoms with van der Waals surface area (Å²) in [5.41, 5.74) is 2.62. The van der Waals surface area contributed by atoms with E-state index in [0.717, 1.165) is 31.2 Å². The topological polar surface area (TPSA) is 121 Å². The summed E-state index contributed by atoms with van der Waals surface area (Å²) in [6, 6.07) is 22.5. The van der Waals surface area contributed by atoms with Gasteiger partial charge in [-0.15, -0.1) is 0 Å². The van der Waals surface area contributed by atoms with E-state index in [0.29, 0.717) is 42.5 Å². The standard InChI is InChI=1S/C36H47N5O6/c1-5-6-10-20-40(21-13-22-46-4)35(44)27-47-32-19-12-18-31(24-32)41(26-34(43)39(3)30-16-8-7-9-17-30)33(42)25-37-36(45)38-29-15-11-14-28(2)23-29/h7-9,11-12,14-19,23-24H,5-6,10,13,20-22,25-27H2,1-4H3,(H2,37,38,45). The Hall–Kier alpha value is -4.90. The van der Waals surface area contributed by atoms with Gasteiger partial charge in [-0.3, -0.25) is 14.4 Å². The average molecular weight is 646 g/mol. The lowest BCUT2D eigenvalue weighted by Gasteiger charge is -2.26. The number of nitrogens with zero attached hydrogens (tertiary/aromatic N) is 3. The summed E-state index contributed by atoms with van der Waals surface area (Å²) < 4.78 is 11.0. The van der Waals surface area contributed by atoms with Gasteiger partial charge in [-0.05, 0) is 61.7 Å². The summed E-state index contributed by atoms with van der Waals surface area (Å²) in [6.07, 6.45) is 3.71. The Labute approximate surface area is 277 Å². The highest BCUT2D eigenvalue weighted by molar-refractivity contribution is 6.05. The van der Waals surface area contributed by atoms with Crippen LogP contribution in [0.5, 0.6) is 5.75 Å². The Morgan fingerprint density at radius 2 is 1.51 bits per heavy atom. The zero-order valence-electron chi connectivity index (χ0n) is 27.9. The third-order valence-electron chi connectivity index (χ3n) is 7.44. The number of nitrogens with one attached hydrogen (secondary N) is 2. The molecule has 0 saturated carbocycles. The van der Waals surface area contributed by atoms with E-state index in [-0.39, 0.29) is 31.5 Å². The minimum atomic E-state index is -0.554. The van der Waals surface area contributed by atoms with E-state index in [1.165, 1.54) is 9.80 Å². The number of amides is 5. The molecule has 0 saturated heterocycles. The van der Waals surface area contributed by atoms with Crippen LogP contribution in [0.15, 0.2) is 78.9 Å². The largest absolute Gasteiger partial charge is 0.484 e. The lowest BCUT2D eigenvalue weighted by Crippen LogP contribution is -2.46. The van der Waals surface area contributed by atoms with Gasteiger partial charge in [0, 0.05) is 57.0 Å². The van der Waals surface area contributed by atoms with Gasteiger partial charge in [0.2, 0.25) is 11.8 Å². The van der Waals surface area contributed by atoms with E-state index in [4.69, 9.17) is 9.47 Å². The molecular formula is C36H47N5O6. The molecule has 3 aromatic rings. The Morgan fingerprint density at radius 1 is 0.787 bits per heavy atom. The predicted octanol–water partition coefficient (Wildman–Crippen LogP) is 5.25. The molecule has 0 aliphatic rings. The number of hydrogen-bond donors (Lipinski definition) is 2. The van der Waals surface area contributed by atoms with Gasteiger partial charge >= 0.3 is 6.03 Å². The summed E-state index contributed by atoms with van der Waals surface area (Å²) in [5.74, 6) is -0.617. The van der Waals surface area contributed by atoms with Crippen LogP contribution in [0.3, 0.4) is 0 Å². The van der Waals surface area contributed by atoms with Crippen molar-refractivity contribution in [2.24, 2.45) is 0 Å². The minimum Gasteiger partial charge on any atom is -0.484 e. The highest BCUT2D eigenvalue weighted by Gasteiger charge is 2.23. The summed E-state index contributed by atoms with van der Waals surface area (Å²) in [4.78, 5) is 57.2. The number of benzene rings is 3. The first-order valence-electron chi connectivity index (χ1n) is 15.9. The maximum Gasteiger partial charge on any atom is 0.319 e. The number of methoxy groups -OCH3 is 1. The number of carbonyl (C=O) groups excluding carboxylic acids is 4. The van der Waals surface area contributed by atoms with Crippen LogP contribution in [0, 0.1) is 6.92 Å². The number of unbranched alkanes of at least 4 members (excludes halogenated alkanes) is 2. The number of anilines is 3. The first kappa shape index (κ1) is 36.6. The first-order valence-corrected chi connectivity index (χ1v) is 15.9. The maximum atomic E-state index is 13.6. The van der Waals surface area contributed by atoms with Crippen molar-refractivity contribution in [3.63, 3.8) is 0 Å². The van der Waals surface area contributed by atoms with Crippen molar-refractivity contribution in [1.82, 2.24) is 10.2 Å². The van der Waals surface area contributed by atoms with Gasteiger partial charge < -0.3 is 34.8 Å². The van der Waals surface area contributed by atoms with Crippen molar-refractivity contribution in [3.8, 4) is 5.75 Å². The van der Waals surface area contributed by atoms with Gasteiger partial charge in [0.1, 0.15) is 12.3 Å². The van der Waals surface area contributed by atoms with E-state index in [1.54, 1.807) is 61.5 Å². The van der Waals surface area contributed by atoms with Crippen LogP contribution >= 0.6 is 0 Å². The molecule has 5 amide bonds. The zero-order chi connectivity index (χ0) is 34.0. The van der Waals surface area contributed by atoms with Crippen LogP contribution in [0.4, 0.5) is 21.9 Å². The lowest BCUT2D eigenvalue weighted by molar-refractivity contribution is -0.133. The molecule has 47 heavy (non-hydrogen) atoms. The van der Waals surface area contributed by atoms with Gasteiger partial charge in [-0.2, -0.15) is 0 Å². The molecule has 0 unspecified atom stereocenters. The SMILES string of the molecule is CCCCCN(CCCOC)C(=O)COc1cccc(N(CC(=O)N(C)c2ccccc2)C(=O)CNC(=O)Nc2cccc(C)c2)c1. The molecule has 11 heteroatoms. The molecule has 11 nitrogen and oxygen atoms in total. The quantitative estimate of drug-likeness (QED) is 0.183. The van der Waals surface area contributed by atoms with Crippen LogP contribution < -0.4 is 25.2 Å². The fraction of sp³-hybridized carbons (Fsp3) is 0.389. The van der Waals surface area contributed by atoms with E-state index >= 15 is 0 Å². The maximum absolute atomic E-state index is 13.6. The molecule has 0 heterocycles. The number of hydrogen-bond acceptors (Lipinski definition) is 6. The van der Waals surface area contributed by atoms with Crippen LogP contribution in [0.1, 0.15) is 38.2 Å². The number of ether oxygens (including phenoxy) is 2. The normalized spacial score (nSPS) is 10.6. The monoisotopic (exact) mass is 645 g/mol. The number of rotatable bonds is 18. The number of para-hydroxylation sites is 1. The van der Waals surface area contributed by atoms with Crippen molar-refractivity contribution in [3.05, 3.63) is 84.4 Å². The van der Waals surface area contributed by atoms with E-state index in [9.17, 15) is 19.2 Å². The van der Waals surface area contributed by atoms with Crippen LogP contribution in [0.25, 0.3) is 0 Å². The molecular weight excluding hydrogens is 598 g/mol. The third kappa shape index (κ3) is 12.4. The van der Waals surface area contributed by atoms with Crippen molar-refractivity contribution >= 4 is 40.8 Å². The lowest BCUT2D eigenvalue weighted by atomic mass is 10.2.